The van der Waals surface area contributed by atoms with Crippen LogP contribution >= 0.6 is 0 Å². The topological polar surface area (TPSA) is 34.5 Å². The van der Waals surface area contributed by atoms with Gasteiger partial charge in [0.15, 0.2) is 0 Å². The van der Waals surface area contributed by atoms with E-state index >= 15 is 0 Å². The molecule has 14 aromatic rings. The SMILES string of the molecule is c1ccc(-c2cccc3c(-c4ccc(N(c5ccc6c(c5)oc5cc7cc8c(cc7cc56)oc5ccccc58)c5ccc6c(c5)c5ccccc5n6-c5ccccc5)cc4)cccc23)cc1. The first-order chi connectivity index (χ1) is 32.7. The number of benzene rings is 11. The van der Waals surface area contributed by atoms with E-state index in [4.69, 9.17) is 8.83 Å². The van der Waals surface area contributed by atoms with Gasteiger partial charge in [0.1, 0.15) is 22.3 Å². The number of aromatic nitrogens is 1. The maximum Gasteiger partial charge on any atom is 0.137 e. The maximum absolute atomic E-state index is 6.79. The highest BCUT2D eigenvalue weighted by Gasteiger charge is 2.20. The highest BCUT2D eigenvalue weighted by Crippen LogP contribution is 2.44. The third kappa shape index (κ3) is 5.65. The molecule has 0 spiro atoms. The monoisotopic (exact) mass is 842 g/mol. The Balaban J connectivity index is 0.933. The molecule has 0 unspecified atom stereocenters. The van der Waals surface area contributed by atoms with Gasteiger partial charge in [-0.25, -0.2) is 0 Å². The minimum absolute atomic E-state index is 0.834. The average Bonchev–Trinajstić information content (AvgIpc) is 4.03. The zero-order valence-corrected chi connectivity index (χ0v) is 35.7. The van der Waals surface area contributed by atoms with E-state index in [-0.39, 0.29) is 0 Å². The van der Waals surface area contributed by atoms with Crippen LogP contribution in [0.25, 0.3) is 115 Å². The van der Waals surface area contributed by atoms with Crippen LogP contribution in [0.4, 0.5) is 17.1 Å². The van der Waals surface area contributed by atoms with Crippen LogP contribution in [-0.2, 0) is 0 Å². The Morgan fingerprint density at radius 1 is 0.288 bits per heavy atom. The van der Waals surface area contributed by atoms with Crippen LogP contribution in [-0.4, -0.2) is 4.57 Å². The van der Waals surface area contributed by atoms with E-state index in [1.165, 1.54) is 43.8 Å². The number of furan rings is 2. The highest BCUT2D eigenvalue weighted by molar-refractivity contribution is 6.16. The van der Waals surface area contributed by atoms with E-state index in [1.807, 2.05) is 12.1 Å². The molecule has 0 saturated heterocycles. The van der Waals surface area contributed by atoms with Gasteiger partial charge in [0.25, 0.3) is 0 Å². The molecule has 0 aliphatic heterocycles. The molecule has 11 aromatic carbocycles. The number of nitrogens with zero attached hydrogens (tertiary/aromatic N) is 2. The van der Waals surface area contributed by atoms with Gasteiger partial charge in [0.05, 0.1) is 11.0 Å². The Hall–Kier alpha value is -8.86. The van der Waals surface area contributed by atoms with Crippen molar-refractivity contribution >= 4 is 104 Å². The summed E-state index contributed by atoms with van der Waals surface area (Å²) in [7, 11) is 0. The van der Waals surface area contributed by atoms with Gasteiger partial charge in [-0.3, -0.25) is 0 Å². The number of anilines is 3. The molecule has 66 heavy (non-hydrogen) atoms. The molecule has 0 amide bonds. The Kier molecular flexibility index (Phi) is 7.95. The van der Waals surface area contributed by atoms with Crippen molar-refractivity contribution in [1.82, 2.24) is 4.57 Å². The fourth-order valence-electron chi connectivity index (χ4n) is 10.5. The molecule has 0 bridgehead atoms. The summed E-state index contributed by atoms with van der Waals surface area (Å²) in [4.78, 5) is 2.36. The van der Waals surface area contributed by atoms with Crippen molar-refractivity contribution in [2.75, 3.05) is 4.90 Å². The summed E-state index contributed by atoms with van der Waals surface area (Å²) >= 11 is 0. The summed E-state index contributed by atoms with van der Waals surface area (Å²) in [6.45, 7) is 0. The fraction of sp³-hybridized carbons (Fsp3) is 0. The highest BCUT2D eigenvalue weighted by atomic mass is 16.3. The lowest BCUT2D eigenvalue weighted by Crippen LogP contribution is -2.09. The molecule has 3 aromatic heterocycles. The van der Waals surface area contributed by atoms with Gasteiger partial charge < -0.3 is 18.3 Å². The second-order valence-electron chi connectivity index (χ2n) is 17.3. The predicted octanol–water partition coefficient (Wildman–Crippen LogP) is 17.7. The molecule has 0 saturated carbocycles. The van der Waals surface area contributed by atoms with Crippen molar-refractivity contribution in [2.45, 2.75) is 0 Å². The second kappa shape index (κ2) is 14.3. The molecule has 14 rings (SSSR count). The first-order valence-electron chi connectivity index (χ1n) is 22.5. The summed E-state index contributed by atoms with van der Waals surface area (Å²) in [6.07, 6.45) is 0. The van der Waals surface area contributed by atoms with Gasteiger partial charge in [0, 0.05) is 61.1 Å². The van der Waals surface area contributed by atoms with Gasteiger partial charge in [-0.05, 0) is 135 Å². The molecule has 4 nitrogen and oxygen atoms in total. The Labute approximate surface area is 379 Å². The standard InChI is InChI=1S/C62H38N2O2/c1-3-13-39(14-4-1)47-19-11-22-50-48(20-12-21-49(47)50)40-25-27-44(28-26-40)63(45-30-32-58-54(37-45)51-17-7-9-23-57(51)64(58)43-15-5-2-6-16-43)46-29-31-53-56-34-42-35-60-55(52-18-8-10-24-59(52)65-60)33-41(42)36-61(56)66-62(53)38-46/h1-38H. The van der Waals surface area contributed by atoms with Crippen molar-refractivity contribution in [3.8, 4) is 27.9 Å². The summed E-state index contributed by atoms with van der Waals surface area (Å²) in [5.74, 6) is 0. The van der Waals surface area contributed by atoms with Crippen molar-refractivity contribution in [3.63, 3.8) is 0 Å². The van der Waals surface area contributed by atoms with E-state index in [9.17, 15) is 0 Å². The van der Waals surface area contributed by atoms with Crippen LogP contribution in [0.3, 0.4) is 0 Å². The van der Waals surface area contributed by atoms with Gasteiger partial charge in [0.2, 0.25) is 0 Å². The minimum Gasteiger partial charge on any atom is -0.456 e. The van der Waals surface area contributed by atoms with Gasteiger partial charge in [-0.2, -0.15) is 0 Å². The molecule has 0 aliphatic rings. The summed E-state index contributed by atoms with van der Waals surface area (Å²) < 4.78 is 15.4. The first-order valence-corrected chi connectivity index (χ1v) is 22.5. The van der Waals surface area contributed by atoms with Crippen LogP contribution in [0, 0.1) is 0 Å². The number of hydrogen-bond donors (Lipinski definition) is 0. The van der Waals surface area contributed by atoms with Gasteiger partial charge in [-0.1, -0.05) is 133 Å². The van der Waals surface area contributed by atoms with Crippen molar-refractivity contribution < 1.29 is 8.83 Å². The lowest BCUT2D eigenvalue weighted by atomic mass is 9.93. The molecule has 3 heterocycles. The van der Waals surface area contributed by atoms with Crippen LogP contribution in [0.2, 0.25) is 0 Å². The van der Waals surface area contributed by atoms with E-state index in [1.54, 1.807) is 0 Å². The van der Waals surface area contributed by atoms with Crippen LogP contribution < -0.4 is 4.90 Å². The maximum atomic E-state index is 6.79. The first kappa shape index (κ1) is 36.6. The normalized spacial score (nSPS) is 11.9. The van der Waals surface area contributed by atoms with Gasteiger partial charge >= 0.3 is 0 Å². The Morgan fingerprint density at radius 2 is 0.803 bits per heavy atom. The summed E-state index contributed by atoms with van der Waals surface area (Å²) in [6, 6.07) is 82.8. The average molecular weight is 843 g/mol. The summed E-state index contributed by atoms with van der Waals surface area (Å²) in [5.41, 5.74) is 14.9. The van der Waals surface area contributed by atoms with Crippen LogP contribution in [0.15, 0.2) is 239 Å². The third-order valence-electron chi connectivity index (χ3n) is 13.5. The molecule has 0 aliphatic carbocycles. The van der Waals surface area contributed by atoms with E-state index < -0.39 is 0 Å². The Bertz CT molecular complexity index is 4220. The summed E-state index contributed by atoms with van der Waals surface area (Å²) in [5, 5.41) is 11.5. The molecule has 0 atom stereocenters. The zero-order valence-electron chi connectivity index (χ0n) is 35.7. The predicted molar refractivity (Wildman–Crippen MR) is 276 cm³/mol. The molecule has 0 N–H and O–H groups in total. The van der Waals surface area contributed by atoms with Crippen molar-refractivity contribution in [3.05, 3.63) is 231 Å². The lowest BCUT2D eigenvalue weighted by Gasteiger charge is -2.26. The van der Waals surface area contributed by atoms with Crippen LogP contribution in [0.1, 0.15) is 0 Å². The number of para-hydroxylation sites is 3. The van der Waals surface area contributed by atoms with E-state index in [0.29, 0.717) is 0 Å². The lowest BCUT2D eigenvalue weighted by molar-refractivity contribution is 0.668. The molecule has 308 valence electrons. The van der Waals surface area contributed by atoms with E-state index in [2.05, 4.69) is 228 Å². The third-order valence-corrected chi connectivity index (χ3v) is 13.5. The molecule has 0 radical (unpaired) electrons. The minimum atomic E-state index is 0.834. The van der Waals surface area contributed by atoms with Gasteiger partial charge in [-0.15, -0.1) is 0 Å². The molecule has 0 fully saturated rings. The van der Waals surface area contributed by atoms with Crippen molar-refractivity contribution in [2.24, 2.45) is 0 Å². The number of hydrogen-bond acceptors (Lipinski definition) is 3. The van der Waals surface area contributed by atoms with E-state index in [0.717, 1.165) is 88.5 Å². The number of fused-ring (bicyclic) bond motifs is 11. The molecule has 4 heteroatoms. The second-order valence-corrected chi connectivity index (χ2v) is 17.3. The number of rotatable bonds is 6. The van der Waals surface area contributed by atoms with Crippen molar-refractivity contribution in [1.29, 1.82) is 0 Å². The Morgan fingerprint density at radius 3 is 1.53 bits per heavy atom. The van der Waals surface area contributed by atoms with Crippen LogP contribution in [0.5, 0.6) is 0 Å². The quantitative estimate of drug-likeness (QED) is 0.167. The molecular formula is C62H38N2O2. The largest absolute Gasteiger partial charge is 0.456 e. The molecular weight excluding hydrogens is 805 g/mol. The zero-order chi connectivity index (χ0) is 43.3. The fourth-order valence-corrected chi connectivity index (χ4v) is 10.5. The smallest absolute Gasteiger partial charge is 0.137 e.